The van der Waals surface area contributed by atoms with Crippen molar-refractivity contribution in [2.75, 3.05) is 11.3 Å². The molecule has 0 fully saturated rings. The van der Waals surface area contributed by atoms with Gasteiger partial charge in [0.15, 0.2) is 0 Å². The Morgan fingerprint density at radius 2 is 1.26 bits per heavy atom. The van der Waals surface area contributed by atoms with Crippen molar-refractivity contribution in [1.82, 2.24) is 0 Å². The Hall–Kier alpha value is -5.22. The van der Waals surface area contributed by atoms with Crippen molar-refractivity contribution in [3.8, 4) is 11.5 Å². The Bertz CT molecular complexity index is 2090. The number of anilines is 1. The van der Waals surface area contributed by atoms with E-state index in [4.69, 9.17) is 14.2 Å². The molecule has 10 heteroatoms. The van der Waals surface area contributed by atoms with E-state index in [9.17, 15) is 22.8 Å². The summed E-state index contributed by atoms with van der Waals surface area (Å²) in [5.74, 6) is -1.17. The van der Waals surface area contributed by atoms with E-state index in [1.165, 1.54) is 36.8 Å². The lowest BCUT2D eigenvalue weighted by atomic mass is 10.0. The maximum atomic E-state index is 13.4. The first-order valence-electron chi connectivity index (χ1n) is 15.6. The van der Waals surface area contributed by atoms with Crippen molar-refractivity contribution in [2.45, 2.75) is 50.3 Å². The van der Waals surface area contributed by atoms with E-state index in [1.54, 1.807) is 42.5 Å². The van der Waals surface area contributed by atoms with Gasteiger partial charge in [0, 0.05) is 16.1 Å². The number of unbranched alkanes of at least 4 members (excludes halogenated alkanes) is 5. The molecular weight excluding hydrogens is 618 g/mol. The molecule has 1 N–H and O–H groups in total. The van der Waals surface area contributed by atoms with Crippen molar-refractivity contribution in [2.24, 2.45) is 0 Å². The average molecular weight is 652 g/mol. The van der Waals surface area contributed by atoms with Gasteiger partial charge in [0.1, 0.15) is 16.4 Å². The molecule has 9 nitrogen and oxygen atoms in total. The maximum Gasteiger partial charge on any atom is 0.344 e. The molecule has 0 radical (unpaired) electrons. The quantitative estimate of drug-likeness (QED) is 0.118. The minimum Gasteiger partial charge on any atom is -0.462 e. The third kappa shape index (κ3) is 6.69. The number of hydrogen-bond donors (Lipinski definition) is 1. The van der Waals surface area contributed by atoms with Gasteiger partial charge < -0.3 is 14.2 Å². The molecule has 6 rings (SSSR count). The highest BCUT2D eigenvalue weighted by molar-refractivity contribution is 7.92. The van der Waals surface area contributed by atoms with Crippen LogP contribution in [0, 0.1) is 0 Å². The predicted octanol–water partition coefficient (Wildman–Crippen LogP) is 5.24. The van der Waals surface area contributed by atoms with Gasteiger partial charge in [-0.25, -0.2) is 22.8 Å². The number of hydrogen-bond acceptors (Lipinski definition) is 8. The monoisotopic (exact) mass is 651 g/mol. The van der Waals surface area contributed by atoms with Crippen LogP contribution in [0.1, 0.15) is 66.9 Å². The van der Waals surface area contributed by atoms with E-state index in [-0.39, 0.29) is 28.3 Å². The van der Waals surface area contributed by atoms with E-state index >= 15 is 0 Å². The predicted molar refractivity (Wildman–Crippen MR) is 176 cm³/mol. The Kier molecular flexibility index (Phi) is 9.22. The molecule has 2 aliphatic rings. The van der Waals surface area contributed by atoms with Crippen molar-refractivity contribution in [3.05, 3.63) is 118 Å². The summed E-state index contributed by atoms with van der Waals surface area (Å²) in [6.07, 6.45) is 6.19. The van der Waals surface area contributed by atoms with E-state index in [1.807, 2.05) is 18.2 Å². The summed E-state index contributed by atoms with van der Waals surface area (Å²) in [6, 6.07) is 24.4. The number of ether oxygens (including phenoxy) is 3. The topological polar surface area (TPSA) is 125 Å². The van der Waals surface area contributed by atoms with Crippen LogP contribution in [0.5, 0.6) is 11.5 Å². The van der Waals surface area contributed by atoms with E-state index in [0.717, 1.165) is 25.7 Å². The molecule has 0 amide bonds. The Morgan fingerprint density at radius 1 is 0.702 bits per heavy atom. The SMILES string of the molecule is CCCCCCCCOC(=O)c1ccccc1S(=O)(=O)Nc1ccc(C2=c3cc4c(cc3OC2=O)=C(c2ccccc2)C(=O)O4)cc1. The number of sulfonamides is 1. The van der Waals surface area contributed by atoms with Gasteiger partial charge in [-0.2, -0.15) is 0 Å². The van der Waals surface area contributed by atoms with Crippen LogP contribution in [0.2, 0.25) is 0 Å². The summed E-state index contributed by atoms with van der Waals surface area (Å²) in [5.41, 5.74) is 1.98. The lowest BCUT2D eigenvalue weighted by Crippen LogP contribution is -2.18. The van der Waals surface area contributed by atoms with Gasteiger partial charge >= 0.3 is 17.9 Å². The second-order valence-electron chi connectivity index (χ2n) is 11.3. The molecule has 4 aromatic rings. The number of carbonyl (C=O) groups excluding carboxylic acids is 3. The van der Waals surface area contributed by atoms with Gasteiger partial charge in [-0.3, -0.25) is 4.72 Å². The van der Waals surface area contributed by atoms with Crippen molar-refractivity contribution >= 4 is 44.8 Å². The van der Waals surface area contributed by atoms with Crippen LogP contribution >= 0.6 is 0 Å². The third-order valence-corrected chi connectivity index (χ3v) is 9.49. The molecular formula is C37H33NO8S. The normalized spacial score (nSPS) is 13.6. The van der Waals surface area contributed by atoms with Crippen LogP contribution in [0.3, 0.4) is 0 Å². The zero-order valence-corrected chi connectivity index (χ0v) is 26.6. The lowest BCUT2D eigenvalue weighted by molar-refractivity contribution is -0.128. The van der Waals surface area contributed by atoms with Gasteiger partial charge in [-0.15, -0.1) is 0 Å². The highest BCUT2D eigenvalue weighted by Gasteiger charge is 2.30. The first-order chi connectivity index (χ1) is 22.8. The molecule has 0 saturated carbocycles. The minimum absolute atomic E-state index is 0.0515. The van der Waals surface area contributed by atoms with Crippen LogP contribution in [-0.4, -0.2) is 32.9 Å². The number of fused-ring (bicyclic) bond motifs is 2. The molecule has 0 spiro atoms. The van der Waals surface area contributed by atoms with Crippen LogP contribution < -0.4 is 24.6 Å². The summed E-state index contributed by atoms with van der Waals surface area (Å²) in [6.45, 7) is 2.37. The molecule has 0 saturated heterocycles. The van der Waals surface area contributed by atoms with Crippen LogP contribution in [-0.2, 0) is 24.3 Å². The standard InChI is InChI=1S/C37H33NO8S/c1-2-3-4-5-6-12-21-44-35(39)27-15-10-11-16-32(27)47(42,43)38-26-19-17-25(18-20-26)34-29-23-30-28(22-31(29)46-37(34)41)33(36(40)45-30)24-13-8-7-9-14-24/h7-11,13-20,22-23,38H,2-6,12,21H2,1H3. The smallest absolute Gasteiger partial charge is 0.344 e. The molecule has 0 aliphatic carbocycles. The fourth-order valence-electron chi connectivity index (χ4n) is 5.70. The van der Waals surface area contributed by atoms with E-state index < -0.39 is 27.9 Å². The highest BCUT2D eigenvalue weighted by atomic mass is 32.2. The van der Waals surface area contributed by atoms with Gasteiger partial charge in [0.05, 0.1) is 23.3 Å². The van der Waals surface area contributed by atoms with Crippen LogP contribution in [0.25, 0.3) is 11.1 Å². The minimum atomic E-state index is -4.17. The Labute approximate surface area is 272 Å². The second-order valence-corrected chi connectivity index (χ2v) is 13.0. The Balaban J connectivity index is 1.21. The molecule has 4 aromatic carbocycles. The highest BCUT2D eigenvalue weighted by Crippen LogP contribution is 2.28. The number of carbonyl (C=O) groups is 3. The molecule has 47 heavy (non-hydrogen) atoms. The molecule has 0 aromatic heterocycles. The summed E-state index contributed by atoms with van der Waals surface area (Å²) >= 11 is 0. The summed E-state index contributed by atoms with van der Waals surface area (Å²) < 4.78 is 45.8. The lowest BCUT2D eigenvalue weighted by Gasteiger charge is -2.12. The number of benzene rings is 4. The fraction of sp³-hybridized carbons (Fsp3) is 0.216. The van der Waals surface area contributed by atoms with Gasteiger partial charge in [-0.05, 0) is 53.9 Å². The van der Waals surface area contributed by atoms with Crippen LogP contribution in [0.15, 0.2) is 95.9 Å². The maximum absolute atomic E-state index is 13.4. The number of nitrogens with one attached hydrogen (secondary N) is 1. The number of esters is 3. The summed E-state index contributed by atoms with van der Waals surface area (Å²) in [4.78, 5) is 38.3. The molecule has 2 heterocycles. The molecule has 0 bridgehead atoms. The molecule has 240 valence electrons. The van der Waals surface area contributed by atoms with E-state index in [2.05, 4.69) is 11.6 Å². The fourth-order valence-corrected chi connectivity index (χ4v) is 6.96. The van der Waals surface area contributed by atoms with E-state index in [0.29, 0.717) is 45.1 Å². The first kappa shape index (κ1) is 31.7. The van der Waals surface area contributed by atoms with Gasteiger partial charge in [-0.1, -0.05) is 93.6 Å². The second kappa shape index (κ2) is 13.6. The molecule has 0 atom stereocenters. The first-order valence-corrected chi connectivity index (χ1v) is 17.1. The zero-order chi connectivity index (χ0) is 33.0. The summed E-state index contributed by atoms with van der Waals surface area (Å²) in [7, 11) is -4.17. The van der Waals surface area contributed by atoms with Gasteiger partial charge in [0.2, 0.25) is 0 Å². The van der Waals surface area contributed by atoms with Crippen molar-refractivity contribution in [3.63, 3.8) is 0 Å². The average Bonchev–Trinajstić information content (AvgIpc) is 3.57. The molecule has 2 aliphatic heterocycles. The van der Waals surface area contributed by atoms with Crippen LogP contribution in [0.4, 0.5) is 5.69 Å². The Morgan fingerprint density at radius 3 is 1.89 bits per heavy atom. The molecule has 0 unspecified atom stereocenters. The zero-order valence-electron chi connectivity index (χ0n) is 25.8. The van der Waals surface area contributed by atoms with Crippen molar-refractivity contribution in [1.29, 1.82) is 0 Å². The third-order valence-electron chi connectivity index (χ3n) is 8.05. The van der Waals surface area contributed by atoms with Crippen molar-refractivity contribution < 1.29 is 37.0 Å². The summed E-state index contributed by atoms with van der Waals surface area (Å²) in [5, 5.41) is 0.989. The number of rotatable bonds is 13. The van der Waals surface area contributed by atoms with Gasteiger partial charge in [0.25, 0.3) is 10.0 Å². The largest absolute Gasteiger partial charge is 0.462 e.